The van der Waals surface area contributed by atoms with E-state index in [1.807, 2.05) is 0 Å². The summed E-state index contributed by atoms with van der Waals surface area (Å²) in [6, 6.07) is 5.25. The number of alkyl halides is 3. The maximum Gasteiger partial charge on any atom is 0.424 e. The van der Waals surface area contributed by atoms with Gasteiger partial charge in [-0.05, 0) is 43.2 Å². The summed E-state index contributed by atoms with van der Waals surface area (Å²) < 4.78 is 59.5. The molecule has 1 unspecified atom stereocenters. The summed E-state index contributed by atoms with van der Waals surface area (Å²) in [7, 11) is 0. The number of pyridine rings is 1. The van der Waals surface area contributed by atoms with Gasteiger partial charge >= 0.3 is 6.18 Å². The number of aromatic nitrogens is 1. The van der Waals surface area contributed by atoms with Gasteiger partial charge < -0.3 is 21.5 Å². The third kappa shape index (κ3) is 3.65. The fraction of sp³-hybridized carbons (Fsp3) is 0.350. The van der Waals surface area contributed by atoms with E-state index in [0.717, 1.165) is 13.0 Å². The zero-order chi connectivity index (χ0) is 23.5. The van der Waals surface area contributed by atoms with E-state index >= 15 is 0 Å². The van der Waals surface area contributed by atoms with Crippen LogP contribution < -0.4 is 16.8 Å². The van der Waals surface area contributed by atoms with Crippen molar-refractivity contribution in [1.82, 2.24) is 4.98 Å². The third-order valence-corrected chi connectivity index (χ3v) is 5.96. The van der Waals surface area contributed by atoms with Crippen LogP contribution in [0.3, 0.4) is 0 Å². The molecule has 12 heteroatoms. The van der Waals surface area contributed by atoms with Gasteiger partial charge in [0.05, 0.1) is 22.9 Å². The minimum Gasteiger partial charge on any atom is -0.397 e. The van der Waals surface area contributed by atoms with E-state index in [0.29, 0.717) is 0 Å². The molecule has 1 aliphatic heterocycles. The van der Waals surface area contributed by atoms with Gasteiger partial charge in [0.1, 0.15) is 11.7 Å². The van der Waals surface area contributed by atoms with E-state index < -0.39 is 40.8 Å². The van der Waals surface area contributed by atoms with E-state index in [1.54, 1.807) is 0 Å². The van der Waals surface area contributed by atoms with Gasteiger partial charge in [-0.25, -0.2) is 9.37 Å². The lowest BCUT2D eigenvalue weighted by molar-refractivity contribution is -0.246. The molecule has 5 N–H and O–H groups in total. The normalized spacial score (nSPS) is 27.2. The van der Waals surface area contributed by atoms with Gasteiger partial charge in [-0.2, -0.15) is 13.2 Å². The Morgan fingerprint density at radius 3 is 2.66 bits per heavy atom. The molecule has 1 aromatic heterocycles. The molecule has 1 spiro atoms. The van der Waals surface area contributed by atoms with E-state index in [9.17, 15) is 22.4 Å². The summed E-state index contributed by atoms with van der Waals surface area (Å²) in [5, 5.41) is 2.83. The number of nitrogens with two attached hydrogens (primary N) is 2. The van der Waals surface area contributed by atoms with Gasteiger partial charge in [-0.3, -0.25) is 9.79 Å². The largest absolute Gasteiger partial charge is 0.424 e. The molecule has 0 radical (unpaired) electrons. The Labute approximate surface area is 184 Å². The maximum atomic E-state index is 14.5. The van der Waals surface area contributed by atoms with E-state index in [2.05, 4.69) is 15.3 Å². The number of aliphatic imine (C=N–C) groups is 1. The van der Waals surface area contributed by atoms with Gasteiger partial charge in [0, 0.05) is 17.8 Å². The molecule has 1 aromatic carbocycles. The SMILES string of the molecule is C[C@@]1(C(F)(F)F)OC[C@]2(CC2c2cc(NC(=O)c3ncc(Cl)cc3N)ccc2F)N=C1N. The number of rotatable bonds is 3. The number of amides is 1. The van der Waals surface area contributed by atoms with Crippen LogP contribution in [0.25, 0.3) is 0 Å². The van der Waals surface area contributed by atoms with Crippen molar-refractivity contribution in [3.63, 3.8) is 0 Å². The summed E-state index contributed by atoms with van der Waals surface area (Å²) in [5.41, 5.74) is 8.02. The second kappa shape index (κ2) is 7.31. The zero-order valence-electron chi connectivity index (χ0n) is 16.6. The van der Waals surface area contributed by atoms with Crippen LogP contribution in [-0.2, 0) is 4.74 Å². The van der Waals surface area contributed by atoms with Crippen molar-refractivity contribution >= 4 is 34.7 Å². The van der Waals surface area contributed by atoms with Crippen LogP contribution in [-0.4, -0.2) is 40.6 Å². The van der Waals surface area contributed by atoms with Crippen LogP contribution in [0.1, 0.15) is 35.3 Å². The fourth-order valence-corrected chi connectivity index (χ4v) is 3.82. The second-order valence-corrected chi connectivity index (χ2v) is 8.40. The lowest BCUT2D eigenvalue weighted by atomic mass is 9.99. The van der Waals surface area contributed by atoms with Crippen molar-refractivity contribution < 1.29 is 27.1 Å². The Balaban J connectivity index is 1.57. The van der Waals surface area contributed by atoms with Gasteiger partial charge in [0.2, 0.25) is 5.60 Å². The molecular formula is C20H18ClF4N5O2. The maximum absolute atomic E-state index is 14.5. The van der Waals surface area contributed by atoms with Crippen LogP contribution >= 0.6 is 11.6 Å². The number of hydrogen-bond acceptors (Lipinski definition) is 6. The number of nitrogen functional groups attached to an aromatic ring is 1. The first-order chi connectivity index (χ1) is 14.9. The molecule has 3 atom stereocenters. The van der Waals surface area contributed by atoms with Gasteiger partial charge in [0.25, 0.3) is 5.91 Å². The predicted molar refractivity (Wildman–Crippen MR) is 110 cm³/mol. The molecule has 2 aromatic rings. The number of ether oxygens (including phenoxy) is 1. The van der Waals surface area contributed by atoms with Crippen LogP contribution in [0.2, 0.25) is 5.02 Å². The van der Waals surface area contributed by atoms with Gasteiger partial charge in [0.15, 0.2) is 5.69 Å². The number of anilines is 2. The van der Waals surface area contributed by atoms with Crippen molar-refractivity contribution in [3.8, 4) is 0 Å². The van der Waals surface area contributed by atoms with Crippen molar-refractivity contribution in [3.05, 3.63) is 52.6 Å². The highest BCUT2D eigenvalue weighted by molar-refractivity contribution is 6.30. The number of carbonyl (C=O) groups is 1. The average molecular weight is 472 g/mol. The smallest absolute Gasteiger partial charge is 0.397 e. The monoisotopic (exact) mass is 471 g/mol. The number of halogens is 5. The number of amidine groups is 1. The molecule has 32 heavy (non-hydrogen) atoms. The Bertz CT molecular complexity index is 1140. The first kappa shape index (κ1) is 22.3. The Morgan fingerprint density at radius 2 is 2.03 bits per heavy atom. The molecule has 0 bridgehead atoms. The molecule has 4 rings (SSSR count). The highest BCUT2D eigenvalue weighted by Crippen LogP contribution is 2.58. The minimum atomic E-state index is -4.74. The molecule has 7 nitrogen and oxygen atoms in total. The topological polar surface area (TPSA) is 116 Å². The standard InChI is InChI=1S/C20H18ClF4N5O2/c1-18(20(23,24)25)17(27)30-19(8-32-18)6-12(19)11-5-10(2-3-13(11)22)29-16(31)15-14(26)4-9(21)7-28-15/h2-5,7,12H,6,8,26H2,1H3,(H2,27,30)(H,29,31)/t12?,18-,19+/m1/s1. The van der Waals surface area contributed by atoms with Crippen LogP contribution in [0.15, 0.2) is 35.5 Å². The summed E-state index contributed by atoms with van der Waals surface area (Å²) in [4.78, 5) is 20.4. The van der Waals surface area contributed by atoms with Crippen molar-refractivity contribution in [2.45, 2.75) is 36.6 Å². The molecule has 1 amide bonds. The summed E-state index contributed by atoms with van der Waals surface area (Å²) >= 11 is 5.78. The molecule has 1 aliphatic carbocycles. The summed E-state index contributed by atoms with van der Waals surface area (Å²) in [6.45, 7) is 0.443. The predicted octanol–water partition coefficient (Wildman–Crippen LogP) is 3.64. The molecule has 2 heterocycles. The van der Waals surface area contributed by atoms with E-state index in [4.69, 9.17) is 27.8 Å². The summed E-state index contributed by atoms with van der Waals surface area (Å²) in [5.74, 6) is -2.49. The molecule has 1 saturated carbocycles. The second-order valence-electron chi connectivity index (χ2n) is 7.96. The van der Waals surface area contributed by atoms with Crippen molar-refractivity contribution in [1.29, 1.82) is 0 Å². The van der Waals surface area contributed by atoms with Gasteiger partial charge in [-0.1, -0.05) is 11.6 Å². The van der Waals surface area contributed by atoms with Crippen molar-refractivity contribution in [2.75, 3.05) is 17.7 Å². The molecule has 0 saturated heterocycles. The first-order valence-electron chi connectivity index (χ1n) is 9.44. The number of nitrogens with zero attached hydrogens (tertiary/aromatic N) is 2. The molecular weight excluding hydrogens is 454 g/mol. The number of nitrogens with one attached hydrogen (secondary N) is 1. The zero-order valence-corrected chi connectivity index (χ0v) is 17.4. The van der Waals surface area contributed by atoms with E-state index in [1.165, 1.54) is 24.4 Å². The first-order valence-corrected chi connectivity index (χ1v) is 9.82. The van der Waals surface area contributed by atoms with Crippen LogP contribution in [0, 0.1) is 5.82 Å². The fourth-order valence-electron chi connectivity index (χ4n) is 3.65. The Hall–Kier alpha value is -2.92. The Morgan fingerprint density at radius 1 is 1.31 bits per heavy atom. The molecule has 1 fully saturated rings. The lowest BCUT2D eigenvalue weighted by Crippen LogP contribution is -2.59. The third-order valence-electron chi connectivity index (χ3n) is 5.76. The minimum absolute atomic E-state index is 0.0624. The van der Waals surface area contributed by atoms with Crippen molar-refractivity contribution in [2.24, 2.45) is 10.7 Å². The van der Waals surface area contributed by atoms with Crippen LogP contribution in [0.4, 0.5) is 28.9 Å². The molecule has 2 aliphatic rings. The molecule has 170 valence electrons. The van der Waals surface area contributed by atoms with E-state index in [-0.39, 0.29) is 40.7 Å². The number of hydrogen-bond donors (Lipinski definition) is 3. The highest BCUT2D eigenvalue weighted by Gasteiger charge is 2.65. The number of carbonyl (C=O) groups excluding carboxylic acids is 1. The number of benzene rings is 1. The summed E-state index contributed by atoms with van der Waals surface area (Å²) in [6.07, 6.45) is -3.22. The van der Waals surface area contributed by atoms with Crippen LogP contribution in [0.5, 0.6) is 0 Å². The average Bonchev–Trinajstić information content (AvgIpc) is 3.38. The lowest BCUT2D eigenvalue weighted by Gasteiger charge is -2.37. The quantitative estimate of drug-likeness (QED) is 0.591. The Kier molecular flexibility index (Phi) is 5.09. The van der Waals surface area contributed by atoms with Gasteiger partial charge in [-0.15, -0.1) is 0 Å². The highest BCUT2D eigenvalue weighted by atomic mass is 35.5.